The highest BCUT2D eigenvalue weighted by Crippen LogP contribution is 2.35. The van der Waals surface area contributed by atoms with E-state index in [0.717, 1.165) is 22.4 Å². The minimum atomic E-state index is -0.297. The van der Waals surface area contributed by atoms with Crippen molar-refractivity contribution in [1.82, 2.24) is 9.88 Å². The van der Waals surface area contributed by atoms with Gasteiger partial charge in [0.15, 0.2) is 5.76 Å². The summed E-state index contributed by atoms with van der Waals surface area (Å²) in [4.78, 5) is 19.9. The third-order valence-corrected chi connectivity index (χ3v) is 6.12. The number of aromatic nitrogens is 1. The van der Waals surface area contributed by atoms with Crippen LogP contribution >= 0.6 is 11.8 Å². The van der Waals surface area contributed by atoms with Crippen LogP contribution in [0.4, 0.5) is 0 Å². The fourth-order valence-corrected chi connectivity index (χ4v) is 4.31. The van der Waals surface area contributed by atoms with Crippen LogP contribution in [-0.2, 0) is 11.3 Å². The van der Waals surface area contributed by atoms with Crippen LogP contribution in [-0.4, -0.2) is 27.1 Å². The number of thioether (sulfide) groups is 1. The topological polar surface area (TPSA) is 46.3 Å². The van der Waals surface area contributed by atoms with E-state index >= 15 is 0 Å². The smallest absolute Gasteiger partial charge is 0.257 e. The second kappa shape index (κ2) is 10.1. The zero-order chi connectivity index (χ0) is 23.3. The maximum absolute atomic E-state index is 13.2. The summed E-state index contributed by atoms with van der Waals surface area (Å²) >= 11 is 1.34. The van der Waals surface area contributed by atoms with Crippen LogP contribution in [0.25, 0.3) is 22.6 Å². The quantitative estimate of drug-likeness (QED) is 0.283. The van der Waals surface area contributed by atoms with Crippen molar-refractivity contribution in [2.45, 2.75) is 38.1 Å². The second-order valence-electron chi connectivity index (χ2n) is 8.81. The van der Waals surface area contributed by atoms with Crippen LogP contribution in [0.3, 0.4) is 0 Å². The molecular weight excluding hydrogens is 428 g/mol. The van der Waals surface area contributed by atoms with Crippen molar-refractivity contribution in [3.8, 4) is 22.6 Å². The molecule has 0 saturated heterocycles. The number of carbonyl (C=O) groups is 1. The maximum Gasteiger partial charge on any atom is 0.257 e. The van der Waals surface area contributed by atoms with Crippen molar-refractivity contribution in [3.05, 3.63) is 96.6 Å². The van der Waals surface area contributed by atoms with Crippen LogP contribution in [0.5, 0.6) is 0 Å². The highest BCUT2D eigenvalue weighted by Gasteiger charge is 2.27. The van der Waals surface area contributed by atoms with E-state index < -0.39 is 0 Å². The molecule has 0 radical (unpaired) electrons. The van der Waals surface area contributed by atoms with Crippen LogP contribution in [0.1, 0.15) is 26.3 Å². The molecule has 0 N–H and O–H groups in total. The van der Waals surface area contributed by atoms with E-state index in [4.69, 9.17) is 9.40 Å². The molecule has 4 rings (SSSR count). The number of nitrogens with zero attached hydrogens (tertiary/aromatic N) is 2. The van der Waals surface area contributed by atoms with Gasteiger partial charge in [0, 0.05) is 23.2 Å². The van der Waals surface area contributed by atoms with Crippen molar-refractivity contribution in [2.75, 3.05) is 5.75 Å². The molecule has 33 heavy (non-hydrogen) atoms. The summed E-state index contributed by atoms with van der Waals surface area (Å²) in [5.74, 6) is 1.03. The van der Waals surface area contributed by atoms with Crippen molar-refractivity contribution in [3.63, 3.8) is 0 Å². The summed E-state index contributed by atoms with van der Waals surface area (Å²) in [6, 6.07) is 30.0. The summed E-state index contributed by atoms with van der Waals surface area (Å²) in [6.07, 6.45) is 0. The Morgan fingerprint density at radius 1 is 0.848 bits per heavy atom. The van der Waals surface area contributed by atoms with Gasteiger partial charge >= 0.3 is 0 Å². The third kappa shape index (κ3) is 5.74. The van der Waals surface area contributed by atoms with Gasteiger partial charge in [0.2, 0.25) is 5.91 Å². The van der Waals surface area contributed by atoms with Crippen molar-refractivity contribution in [2.24, 2.45) is 0 Å². The molecule has 4 nitrogen and oxygen atoms in total. The molecule has 3 aromatic carbocycles. The van der Waals surface area contributed by atoms with E-state index in [1.807, 2.05) is 95.9 Å². The molecule has 0 bridgehead atoms. The van der Waals surface area contributed by atoms with Crippen LogP contribution in [0.2, 0.25) is 0 Å². The van der Waals surface area contributed by atoms with E-state index in [1.54, 1.807) is 0 Å². The van der Waals surface area contributed by atoms with Gasteiger partial charge in [-0.15, -0.1) is 0 Å². The van der Waals surface area contributed by atoms with Gasteiger partial charge < -0.3 is 9.32 Å². The highest BCUT2D eigenvalue weighted by atomic mass is 32.2. The molecule has 5 heteroatoms. The van der Waals surface area contributed by atoms with Crippen molar-refractivity contribution in [1.29, 1.82) is 0 Å². The van der Waals surface area contributed by atoms with Gasteiger partial charge in [-0.2, -0.15) is 0 Å². The Morgan fingerprint density at radius 3 is 1.97 bits per heavy atom. The minimum absolute atomic E-state index is 0.0528. The SMILES string of the molecule is CC(C)(C)N(Cc1ccccc1)C(=O)CSc1nc(-c2ccccc2)c(-c2ccccc2)o1. The molecule has 0 aliphatic rings. The molecule has 1 aromatic heterocycles. The molecule has 0 unspecified atom stereocenters. The number of rotatable bonds is 7. The molecule has 0 atom stereocenters. The van der Waals surface area contributed by atoms with E-state index in [-0.39, 0.29) is 17.2 Å². The average Bonchev–Trinajstić information content (AvgIpc) is 3.26. The largest absolute Gasteiger partial charge is 0.431 e. The molecule has 0 saturated carbocycles. The normalized spacial score (nSPS) is 11.4. The lowest BCUT2D eigenvalue weighted by Crippen LogP contribution is -2.45. The first-order valence-electron chi connectivity index (χ1n) is 11.0. The fourth-order valence-electron chi connectivity index (χ4n) is 3.61. The van der Waals surface area contributed by atoms with Crippen molar-refractivity contribution < 1.29 is 9.21 Å². The van der Waals surface area contributed by atoms with Gasteiger partial charge in [0.1, 0.15) is 5.69 Å². The molecule has 0 aliphatic heterocycles. The van der Waals surface area contributed by atoms with E-state index in [1.165, 1.54) is 11.8 Å². The number of oxazole rings is 1. The summed E-state index contributed by atoms with van der Waals surface area (Å²) < 4.78 is 6.17. The molecule has 1 amide bonds. The van der Waals surface area contributed by atoms with Gasteiger partial charge in [0.25, 0.3) is 5.22 Å². The zero-order valence-corrected chi connectivity index (χ0v) is 20.0. The first kappa shape index (κ1) is 22.9. The number of carbonyl (C=O) groups excluding carboxylic acids is 1. The Hall–Kier alpha value is -3.31. The average molecular weight is 457 g/mol. The third-order valence-electron chi connectivity index (χ3n) is 5.30. The predicted molar refractivity (Wildman–Crippen MR) is 135 cm³/mol. The number of amides is 1. The Kier molecular flexibility index (Phi) is 6.99. The van der Waals surface area contributed by atoms with Crippen molar-refractivity contribution >= 4 is 17.7 Å². The molecular formula is C28H28N2O2S. The Balaban J connectivity index is 1.56. The molecule has 0 spiro atoms. The van der Waals surface area contributed by atoms with Crippen LogP contribution in [0, 0.1) is 0 Å². The van der Waals surface area contributed by atoms with Gasteiger partial charge in [-0.05, 0) is 26.3 Å². The van der Waals surface area contributed by atoms with Gasteiger partial charge in [0.05, 0.1) is 5.75 Å². The fraction of sp³-hybridized carbons (Fsp3) is 0.214. The lowest BCUT2D eigenvalue weighted by Gasteiger charge is -2.35. The Labute approximate surface area is 199 Å². The Morgan fingerprint density at radius 2 is 1.39 bits per heavy atom. The first-order valence-corrected chi connectivity index (χ1v) is 12.0. The molecule has 1 heterocycles. The minimum Gasteiger partial charge on any atom is -0.431 e. The first-order chi connectivity index (χ1) is 15.9. The van der Waals surface area contributed by atoms with E-state index in [0.29, 0.717) is 17.5 Å². The molecule has 0 fully saturated rings. The number of benzene rings is 3. The molecule has 4 aromatic rings. The summed E-state index contributed by atoms with van der Waals surface area (Å²) in [6.45, 7) is 6.75. The highest BCUT2D eigenvalue weighted by molar-refractivity contribution is 7.99. The summed E-state index contributed by atoms with van der Waals surface area (Å²) in [5, 5.41) is 0.495. The predicted octanol–water partition coefficient (Wildman–Crippen LogP) is 6.93. The maximum atomic E-state index is 13.2. The summed E-state index contributed by atoms with van der Waals surface area (Å²) in [5.41, 5.74) is 3.54. The van der Waals surface area contributed by atoms with Gasteiger partial charge in [-0.3, -0.25) is 4.79 Å². The van der Waals surface area contributed by atoms with E-state index in [9.17, 15) is 4.79 Å². The monoisotopic (exact) mass is 456 g/mol. The van der Waals surface area contributed by atoms with Crippen LogP contribution in [0.15, 0.2) is 101 Å². The standard InChI is InChI=1S/C28H28N2O2S/c1-28(2,3)30(19-21-13-7-4-8-14-21)24(31)20-33-27-29-25(22-15-9-5-10-16-22)26(32-27)23-17-11-6-12-18-23/h4-18H,19-20H2,1-3H3. The molecule has 0 aliphatic carbocycles. The second-order valence-corrected chi connectivity index (χ2v) is 9.74. The lowest BCUT2D eigenvalue weighted by atomic mass is 10.0. The van der Waals surface area contributed by atoms with Crippen LogP contribution < -0.4 is 0 Å². The summed E-state index contributed by atoms with van der Waals surface area (Å²) in [7, 11) is 0. The zero-order valence-electron chi connectivity index (χ0n) is 19.2. The van der Waals surface area contributed by atoms with Gasteiger partial charge in [-0.25, -0.2) is 4.98 Å². The molecule has 168 valence electrons. The van der Waals surface area contributed by atoms with Gasteiger partial charge in [-0.1, -0.05) is 103 Å². The number of hydrogen-bond donors (Lipinski definition) is 0. The number of hydrogen-bond acceptors (Lipinski definition) is 4. The Bertz CT molecular complexity index is 1130. The van der Waals surface area contributed by atoms with E-state index in [2.05, 4.69) is 20.8 Å². The lowest BCUT2D eigenvalue weighted by molar-refractivity contribution is -0.133.